The maximum absolute atomic E-state index is 12.2. The number of benzene rings is 1. The van der Waals surface area contributed by atoms with Crippen molar-refractivity contribution in [1.29, 1.82) is 0 Å². The van der Waals surface area contributed by atoms with E-state index >= 15 is 0 Å². The molecule has 3 rings (SSSR count). The molecule has 0 saturated carbocycles. The summed E-state index contributed by atoms with van der Waals surface area (Å²) < 4.78 is 52.1. The third-order valence-corrected chi connectivity index (χ3v) is 4.01. The maximum atomic E-state index is 12.2. The lowest BCUT2D eigenvalue weighted by molar-refractivity contribution is -0.154. The van der Waals surface area contributed by atoms with Crippen LogP contribution in [0.5, 0.6) is 17.4 Å². The largest absolute Gasteiger partial charge is 0.468 e. The topological polar surface area (TPSA) is 77.0 Å². The number of pyridine rings is 1. The monoisotopic (exact) mass is 410 g/mol. The Morgan fingerprint density at radius 2 is 1.97 bits per heavy atom. The number of aliphatic imine (C=N–C) groups is 1. The van der Waals surface area contributed by atoms with E-state index < -0.39 is 12.8 Å². The van der Waals surface area contributed by atoms with Crippen molar-refractivity contribution in [3.8, 4) is 17.4 Å². The fraction of sp³-hybridized carbons (Fsp3) is 0.368. The minimum Gasteiger partial charge on any atom is -0.468 e. The average molecular weight is 410 g/mol. The van der Waals surface area contributed by atoms with Crippen LogP contribution in [0.15, 0.2) is 41.5 Å². The zero-order valence-electron chi connectivity index (χ0n) is 15.8. The molecule has 0 saturated heterocycles. The van der Waals surface area contributed by atoms with Gasteiger partial charge < -0.3 is 24.8 Å². The molecular formula is C19H21F3N4O3. The van der Waals surface area contributed by atoms with Crippen LogP contribution in [-0.2, 0) is 13.0 Å². The van der Waals surface area contributed by atoms with Crippen molar-refractivity contribution >= 4 is 5.96 Å². The molecule has 0 atom stereocenters. The minimum atomic E-state index is -4.40. The van der Waals surface area contributed by atoms with Gasteiger partial charge in [0.25, 0.3) is 0 Å². The van der Waals surface area contributed by atoms with Crippen molar-refractivity contribution in [2.24, 2.45) is 4.99 Å². The van der Waals surface area contributed by atoms with Gasteiger partial charge in [0.05, 0.1) is 0 Å². The standard InChI is InChI=1S/C19H21F3N4O3/c1-23-18(25-7-4-13-2-3-15-16(8-13)29-12-28-15)26-10-14-5-6-24-17(9-14)27-11-19(20,21)22/h2-3,5-6,8-9H,4,7,10-12H2,1H3,(H2,23,25,26). The van der Waals surface area contributed by atoms with Gasteiger partial charge in [-0.05, 0) is 35.7 Å². The van der Waals surface area contributed by atoms with Crippen LogP contribution in [0.3, 0.4) is 0 Å². The predicted octanol–water partition coefficient (Wildman–Crippen LogP) is 2.66. The molecule has 2 aromatic rings. The summed E-state index contributed by atoms with van der Waals surface area (Å²) in [6, 6.07) is 8.95. The van der Waals surface area contributed by atoms with Crippen LogP contribution in [0.1, 0.15) is 11.1 Å². The summed E-state index contributed by atoms with van der Waals surface area (Å²) in [7, 11) is 1.64. The Labute approximate surface area is 165 Å². The molecule has 0 bridgehead atoms. The smallest absolute Gasteiger partial charge is 0.422 e. The number of fused-ring (bicyclic) bond motifs is 1. The van der Waals surface area contributed by atoms with Gasteiger partial charge in [-0.2, -0.15) is 13.2 Å². The summed E-state index contributed by atoms with van der Waals surface area (Å²) in [6.07, 6.45) is -2.25. The summed E-state index contributed by atoms with van der Waals surface area (Å²) in [5, 5.41) is 6.29. The van der Waals surface area contributed by atoms with E-state index in [0.717, 1.165) is 29.0 Å². The van der Waals surface area contributed by atoms with Gasteiger partial charge in [-0.1, -0.05) is 6.07 Å². The average Bonchev–Trinajstić information content (AvgIpc) is 3.16. The van der Waals surface area contributed by atoms with Gasteiger partial charge in [-0.25, -0.2) is 4.98 Å². The molecule has 0 amide bonds. The predicted molar refractivity (Wildman–Crippen MR) is 100 cm³/mol. The first-order chi connectivity index (χ1) is 13.9. The quantitative estimate of drug-likeness (QED) is 0.540. The number of halogens is 3. The molecule has 10 heteroatoms. The summed E-state index contributed by atoms with van der Waals surface area (Å²) in [4.78, 5) is 7.92. The number of guanidine groups is 1. The van der Waals surface area contributed by atoms with Crippen molar-refractivity contribution in [1.82, 2.24) is 15.6 Å². The fourth-order valence-corrected chi connectivity index (χ4v) is 2.62. The van der Waals surface area contributed by atoms with Crippen LogP contribution < -0.4 is 24.8 Å². The third-order valence-electron chi connectivity index (χ3n) is 4.01. The summed E-state index contributed by atoms with van der Waals surface area (Å²) >= 11 is 0. The molecule has 0 spiro atoms. The Bertz CT molecular complexity index is 859. The highest BCUT2D eigenvalue weighted by atomic mass is 19.4. The molecule has 1 aliphatic rings. The first-order valence-electron chi connectivity index (χ1n) is 8.90. The van der Waals surface area contributed by atoms with Crippen LogP contribution in [-0.4, -0.2) is 44.1 Å². The van der Waals surface area contributed by atoms with Gasteiger partial charge in [-0.15, -0.1) is 0 Å². The second kappa shape index (κ2) is 9.35. The second-order valence-corrected chi connectivity index (χ2v) is 6.20. The van der Waals surface area contributed by atoms with Gasteiger partial charge in [0, 0.05) is 32.4 Å². The van der Waals surface area contributed by atoms with Crippen molar-refractivity contribution in [3.05, 3.63) is 47.7 Å². The number of nitrogens with one attached hydrogen (secondary N) is 2. The molecule has 1 aromatic heterocycles. The van der Waals surface area contributed by atoms with E-state index in [1.54, 1.807) is 13.1 Å². The Balaban J connectivity index is 1.44. The van der Waals surface area contributed by atoms with Gasteiger partial charge in [-0.3, -0.25) is 4.99 Å². The van der Waals surface area contributed by atoms with Gasteiger partial charge in [0.1, 0.15) is 0 Å². The molecule has 0 fully saturated rings. The second-order valence-electron chi connectivity index (χ2n) is 6.20. The molecule has 0 aliphatic carbocycles. The lowest BCUT2D eigenvalue weighted by Gasteiger charge is -2.13. The number of hydrogen-bond donors (Lipinski definition) is 2. The Morgan fingerprint density at radius 1 is 1.14 bits per heavy atom. The van der Waals surface area contributed by atoms with Gasteiger partial charge in [0.2, 0.25) is 12.7 Å². The maximum Gasteiger partial charge on any atom is 0.422 e. The number of rotatable bonds is 7. The number of ether oxygens (including phenoxy) is 3. The Morgan fingerprint density at radius 3 is 2.76 bits per heavy atom. The Hall–Kier alpha value is -3.17. The van der Waals surface area contributed by atoms with Crippen molar-refractivity contribution < 1.29 is 27.4 Å². The van der Waals surface area contributed by atoms with Crippen LogP contribution in [0.4, 0.5) is 13.2 Å². The molecular weight excluding hydrogens is 389 g/mol. The molecule has 1 aliphatic heterocycles. The van der Waals surface area contributed by atoms with Gasteiger partial charge in [0.15, 0.2) is 24.1 Å². The molecule has 1 aromatic carbocycles. The highest BCUT2D eigenvalue weighted by Crippen LogP contribution is 2.32. The number of hydrogen-bond acceptors (Lipinski definition) is 5. The van der Waals surface area contributed by atoms with Gasteiger partial charge >= 0.3 is 6.18 Å². The molecule has 2 heterocycles. The highest BCUT2D eigenvalue weighted by molar-refractivity contribution is 5.79. The van der Waals surface area contributed by atoms with E-state index in [1.165, 1.54) is 12.3 Å². The third kappa shape index (κ3) is 6.44. The van der Waals surface area contributed by atoms with Crippen LogP contribution >= 0.6 is 0 Å². The molecule has 7 nitrogen and oxygen atoms in total. The van der Waals surface area contributed by atoms with E-state index in [1.807, 2.05) is 18.2 Å². The van der Waals surface area contributed by atoms with E-state index in [2.05, 4.69) is 25.3 Å². The van der Waals surface area contributed by atoms with Crippen LogP contribution in [0, 0.1) is 0 Å². The first kappa shape index (κ1) is 20.6. The summed E-state index contributed by atoms with van der Waals surface area (Å²) in [5.74, 6) is 1.98. The van der Waals surface area contributed by atoms with Crippen LogP contribution in [0.25, 0.3) is 0 Å². The van der Waals surface area contributed by atoms with Crippen molar-refractivity contribution in [3.63, 3.8) is 0 Å². The summed E-state index contributed by atoms with van der Waals surface area (Å²) in [6.45, 7) is -0.143. The zero-order chi connectivity index (χ0) is 20.7. The van der Waals surface area contributed by atoms with E-state index in [9.17, 15) is 13.2 Å². The fourth-order valence-electron chi connectivity index (χ4n) is 2.62. The van der Waals surface area contributed by atoms with Crippen molar-refractivity contribution in [2.45, 2.75) is 19.1 Å². The molecule has 29 heavy (non-hydrogen) atoms. The minimum absolute atomic E-state index is 0.0765. The lowest BCUT2D eigenvalue weighted by atomic mass is 10.1. The van der Waals surface area contributed by atoms with E-state index in [-0.39, 0.29) is 12.7 Å². The van der Waals surface area contributed by atoms with Crippen LogP contribution in [0.2, 0.25) is 0 Å². The zero-order valence-corrected chi connectivity index (χ0v) is 15.8. The van der Waals surface area contributed by atoms with E-state index in [4.69, 9.17) is 9.47 Å². The molecule has 2 N–H and O–H groups in total. The number of aromatic nitrogens is 1. The van der Waals surface area contributed by atoms with Crippen molar-refractivity contribution in [2.75, 3.05) is 27.0 Å². The molecule has 0 unspecified atom stereocenters. The van der Waals surface area contributed by atoms with E-state index in [0.29, 0.717) is 19.0 Å². The SMILES string of the molecule is CN=C(NCCc1ccc2c(c1)OCO2)NCc1ccnc(OCC(F)(F)F)c1. The summed E-state index contributed by atoms with van der Waals surface area (Å²) in [5.41, 5.74) is 1.81. The normalized spacial score (nSPS) is 13.3. The lowest BCUT2D eigenvalue weighted by Crippen LogP contribution is -2.37. The molecule has 156 valence electrons. The number of nitrogens with zero attached hydrogens (tertiary/aromatic N) is 2. The first-order valence-corrected chi connectivity index (χ1v) is 8.90. The molecule has 0 radical (unpaired) electrons. The highest BCUT2D eigenvalue weighted by Gasteiger charge is 2.28. The Kier molecular flexibility index (Phi) is 6.63. The number of alkyl halides is 3.